The van der Waals surface area contributed by atoms with Gasteiger partial charge in [0.15, 0.2) is 9.84 Å². The monoisotopic (exact) mass is 349 g/mol. The zero-order valence-corrected chi connectivity index (χ0v) is 12.2. The minimum absolute atomic E-state index is 0.466. The first-order chi connectivity index (χ1) is 8.78. The molecule has 1 rings (SSSR count). The van der Waals surface area contributed by atoms with Crippen molar-refractivity contribution in [3.8, 4) is 0 Å². The molecule has 0 bridgehead atoms. The van der Waals surface area contributed by atoms with Crippen LogP contribution in [0, 0.1) is 0 Å². The number of carboxylic acid groups (broad SMARTS) is 1. The van der Waals surface area contributed by atoms with Crippen molar-refractivity contribution in [2.45, 2.75) is 6.42 Å². The molecule has 0 atom stereocenters. The summed E-state index contributed by atoms with van der Waals surface area (Å²) in [7, 11) is -3.71. The van der Waals surface area contributed by atoms with E-state index in [4.69, 9.17) is 5.11 Å². The second-order valence-electron chi connectivity index (χ2n) is 3.79. The Hall–Kier alpha value is -1.41. The summed E-state index contributed by atoms with van der Waals surface area (Å²) < 4.78 is 23.7. The molecule has 1 aromatic carbocycles. The van der Waals surface area contributed by atoms with Crippen molar-refractivity contribution in [1.29, 1.82) is 0 Å². The van der Waals surface area contributed by atoms with Crippen LogP contribution in [-0.4, -0.2) is 36.9 Å². The number of carbonyl (C=O) groups excluding carboxylic acids is 1. The van der Waals surface area contributed by atoms with Crippen LogP contribution in [0.5, 0.6) is 0 Å². The summed E-state index contributed by atoms with van der Waals surface area (Å²) in [6.45, 7) is 0. The number of rotatable bonds is 6. The van der Waals surface area contributed by atoms with Crippen LogP contribution in [0.15, 0.2) is 28.7 Å². The maximum atomic E-state index is 11.5. The van der Waals surface area contributed by atoms with Gasteiger partial charge in [-0.1, -0.05) is 22.0 Å². The molecule has 0 spiro atoms. The SMILES string of the molecule is O=C(O)CCS(=O)(=O)CC(=O)Nc1cccc(Br)c1. The molecule has 104 valence electrons. The molecule has 0 fully saturated rings. The molecule has 0 saturated heterocycles. The van der Waals surface area contributed by atoms with Crippen LogP contribution in [0.25, 0.3) is 0 Å². The second-order valence-corrected chi connectivity index (χ2v) is 6.89. The number of aliphatic carboxylic acids is 1. The van der Waals surface area contributed by atoms with Gasteiger partial charge < -0.3 is 10.4 Å². The number of hydrogen-bond acceptors (Lipinski definition) is 4. The summed E-state index contributed by atoms with van der Waals surface area (Å²) in [6, 6.07) is 6.70. The Morgan fingerprint density at radius 3 is 2.58 bits per heavy atom. The molecule has 1 amide bonds. The van der Waals surface area contributed by atoms with E-state index in [0.29, 0.717) is 5.69 Å². The number of carbonyl (C=O) groups is 2. The fourth-order valence-corrected chi connectivity index (χ4v) is 2.78. The van der Waals surface area contributed by atoms with E-state index < -0.39 is 39.6 Å². The van der Waals surface area contributed by atoms with Crippen molar-refractivity contribution in [2.24, 2.45) is 0 Å². The van der Waals surface area contributed by atoms with Crippen LogP contribution in [0.1, 0.15) is 6.42 Å². The molecule has 0 radical (unpaired) electrons. The van der Waals surface area contributed by atoms with E-state index in [1.807, 2.05) is 0 Å². The molecular weight excluding hydrogens is 338 g/mol. The van der Waals surface area contributed by atoms with Gasteiger partial charge in [-0.15, -0.1) is 0 Å². The lowest BCUT2D eigenvalue weighted by atomic mass is 10.3. The Morgan fingerprint density at radius 2 is 2.00 bits per heavy atom. The summed E-state index contributed by atoms with van der Waals surface area (Å²) in [5, 5.41) is 10.8. The number of hydrogen-bond donors (Lipinski definition) is 2. The number of halogens is 1. The van der Waals surface area contributed by atoms with Crippen molar-refractivity contribution in [3.05, 3.63) is 28.7 Å². The summed E-state index contributed by atoms with van der Waals surface area (Å²) in [6.07, 6.45) is -0.507. The smallest absolute Gasteiger partial charge is 0.304 e. The third-order valence-corrected chi connectivity index (χ3v) is 4.11. The van der Waals surface area contributed by atoms with Crippen LogP contribution in [0.3, 0.4) is 0 Å². The lowest BCUT2D eigenvalue weighted by Crippen LogP contribution is -2.25. The van der Waals surface area contributed by atoms with Crippen LogP contribution < -0.4 is 5.32 Å². The number of amides is 1. The molecule has 2 N–H and O–H groups in total. The Bertz CT molecular complexity index is 585. The highest BCUT2D eigenvalue weighted by molar-refractivity contribution is 9.10. The number of sulfone groups is 1. The van der Waals surface area contributed by atoms with Gasteiger partial charge in [0.2, 0.25) is 5.91 Å². The van der Waals surface area contributed by atoms with Gasteiger partial charge in [0.25, 0.3) is 0 Å². The minimum atomic E-state index is -3.71. The zero-order chi connectivity index (χ0) is 14.5. The number of carboxylic acids is 1. The van der Waals surface area contributed by atoms with E-state index in [0.717, 1.165) is 4.47 Å². The van der Waals surface area contributed by atoms with Gasteiger partial charge in [0, 0.05) is 10.2 Å². The van der Waals surface area contributed by atoms with E-state index in [-0.39, 0.29) is 0 Å². The number of nitrogens with one attached hydrogen (secondary N) is 1. The van der Waals surface area contributed by atoms with Gasteiger partial charge in [-0.25, -0.2) is 8.42 Å². The topological polar surface area (TPSA) is 101 Å². The van der Waals surface area contributed by atoms with Gasteiger partial charge in [-0.3, -0.25) is 9.59 Å². The van der Waals surface area contributed by atoms with E-state index >= 15 is 0 Å². The normalized spacial score (nSPS) is 11.0. The van der Waals surface area contributed by atoms with Crippen LogP contribution in [0.2, 0.25) is 0 Å². The average molecular weight is 350 g/mol. The highest BCUT2D eigenvalue weighted by Gasteiger charge is 2.18. The van der Waals surface area contributed by atoms with Gasteiger partial charge >= 0.3 is 5.97 Å². The van der Waals surface area contributed by atoms with Gasteiger partial charge in [0.1, 0.15) is 5.75 Å². The molecule has 8 heteroatoms. The highest BCUT2D eigenvalue weighted by Crippen LogP contribution is 2.15. The lowest BCUT2D eigenvalue weighted by molar-refractivity contribution is -0.136. The third-order valence-electron chi connectivity index (χ3n) is 2.09. The zero-order valence-electron chi connectivity index (χ0n) is 9.80. The second kappa shape index (κ2) is 6.67. The lowest BCUT2D eigenvalue weighted by Gasteiger charge is -2.06. The minimum Gasteiger partial charge on any atom is -0.481 e. The number of anilines is 1. The Balaban J connectivity index is 2.58. The van der Waals surface area contributed by atoms with Crippen molar-refractivity contribution in [2.75, 3.05) is 16.8 Å². The molecule has 19 heavy (non-hydrogen) atoms. The van der Waals surface area contributed by atoms with Crippen LogP contribution in [0.4, 0.5) is 5.69 Å². The van der Waals surface area contributed by atoms with Gasteiger partial charge in [-0.2, -0.15) is 0 Å². The summed E-state index contributed by atoms with van der Waals surface area (Å²) in [5.41, 5.74) is 0.466. The Morgan fingerprint density at radius 1 is 1.32 bits per heavy atom. The van der Waals surface area contributed by atoms with Crippen molar-refractivity contribution in [3.63, 3.8) is 0 Å². The molecular formula is C11H12BrNO5S. The molecule has 0 aromatic heterocycles. The fraction of sp³-hybridized carbons (Fsp3) is 0.273. The van der Waals surface area contributed by atoms with Gasteiger partial charge in [0.05, 0.1) is 12.2 Å². The standard InChI is InChI=1S/C11H12BrNO5S/c12-8-2-1-3-9(6-8)13-10(14)7-19(17,18)5-4-11(15)16/h1-3,6H,4-5,7H2,(H,13,14)(H,15,16). The molecule has 0 saturated carbocycles. The Kier molecular flexibility index (Phi) is 5.49. The molecule has 0 aliphatic rings. The first-order valence-electron chi connectivity index (χ1n) is 5.26. The number of benzene rings is 1. The first kappa shape index (κ1) is 15.6. The highest BCUT2D eigenvalue weighted by atomic mass is 79.9. The third kappa shape index (κ3) is 6.35. The van der Waals surface area contributed by atoms with Crippen molar-refractivity contribution < 1.29 is 23.1 Å². The molecule has 6 nitrogen and oxygen atoms in total. The van der Waals surface area contributed by atoms with E-state index in [1.54, 1.807) is 24.3 Å². The molecule has 0 heterocycles. The first-order valence-corrected chi connectivity index (χ1v) is 7.87. The molecule has 0 unspecified atom stereocenters. The van der Waals surface area contributed by atoms with Crippen LogP contribution in [-0.2, 0) is 19.4 Å². The predicted octanol–water partition coefficient (Wildman–Crippen LogP) is 1.28. The van der Waals surface area contributed by atoms with E-state index in [9.17, 15) is 18.0 Å². The quantitative estimate of drug-likeness (QED) is 0.805. The van der Waals surface area contributed by atoms with Crippen LogP contribution >= 0.6 is 15.9 Å². The summed E-state index contributed by atoms with van der Waals surface area (Å²) in [4.78, 5) is 21.8. The average Bonchev–Trinajstić information content (AvgIpc) is 2.25. The van der Waals surface area contributed by atoms with Crippen molar-refractivity contribution in [1.82, 2.24) is 0 Å². The molecule has 0 aliphatic carbocycles. The summed E-state index contributed by atoms with van der Waals surface area (Å²) in [5.74, 6) is -3.18. The predicted molar refractivity (Wildman–Crippen MR) is 73.7 cm³/mol. The Labute approximate surface area is 118 Å². The van der Waals surface area contributed by atoms with Gasteiger partial charge in [-0.05, 0) is 18.2 Å². The summed E-state index contributed by atoms with van der Waals surface area (Å²) >= 11 is 3.22. The largest absolute Gasteiger partial charge is 0.481 e. The molecule has 1 aromatic rings. The van der Waals surface area contributed by atoms with E-state index in [1.165, 1.54) is 0 Å². The van der Waals surface area contributed by atoms with Crippen molar-refractivity contribution >= 4 is 43.3 Å². The molecule has 0 aliphatic heterocycles. The fourth-order valence-electron chi connectivity index (χ4n) is 1.28. The van der Waals surface area contributed by atoms with E-state index in [2.05, 4.69) is 21.2 Å². The maximum absolute atomic E-state index is 11.5. The maximum Gasteiger partial charge on any atom is 0.304 e.